The number of hydrogen-bond donors (Lipinski definition) is 3. The average Bonchev–Trinajstić information content (AvgIpc) is 2.48. The van der Waals surface area contributed by atoms with E-state index in [0.717, 1.165) is 19.5 Å². The van der Waals surface area contributed by atoms with Crippen LogP contribution in [-0.2, 0) is 14.6 Å². The molecule has 9 heteroatoms. The number of piperidine rings is 1. The number of sulfone groups is 1. The number of carbonyl (C=O) groups excluding carboxylic acids is 2. The van der Waals surface area contributed by atoms with Crippen molar-refractivity contribution in [2.24, 2.45) is 11.7 Å². The van der Waals surface area contributed by atoms with Gasteiger partial charge < -0.3 is 16.4 Å². The predicted octanol–water partition coefficient (Wildman–Crippen LogP) is 0.0952. The first-order chi connectivity index (χ1) is 10.8. The topological polar surface area (TPSA) is 118 Å². The molecule has 134 valence electrons. The summed E-state index contributed by atoms with van der Waals surface area (Å²) in [4.78, 5) is 23.0. The number of benzene rings is 1. The third kappa shape index (κ3) is 5.19. The highest BCUT2D eigenvalue weighted by molar-refractivity contribution is 7.92. The molecular formula is C15H22ClN3O4S. The fraction of sp³-hybridized carbons (Fsp3) is 0.467. The van der Waals surface area contributed by atoms with Crippen molar-refractivity contribution in [2.75, 3.05) is 18.8 Å². The average molecular weight is 376 g/mol. The van der Waals surface area contributed by atoms with Crippen LogP contribution in [0, 0.1) is 5.92 Å². The lowest BCUT2D eigenvalue weighted by molar-refractivity contribution is -0.115. The highest BCUT2D eigenvalue weighted by atomic mass is 35.5. The summed E-state index contributed by atoms with van der Waals surface area (Å²) in [5.74, 6) is -1.52. The molecule has 0 aromatic heterocycles. The highest BCUT2D eigenvalue weighted by Gasteiger charge is 2.23. The van der Waals surface area contributed by atoms with Gasteiger partial charge in [0.15, 0.2) is 9.84 Å². The van der Waals surface area contributed by atoms with E-state index in [-0.39, 0.29) is 29.3 Å². The van der Waals surface area contributed by atoms with Crippen LogP contribution in [0.25, 0.3) is 0 Å². The summed E-state index contributed by atoms with van der Waals surface area (Å²) in [6.07, 6.45) is 0.995. The standard InChI is InChI=1S/C15H21N3O4S.ClH/c1-10-6-7-17-8-13(10)18-15(20)11-2-4-12(5-3-11)23(21,22)9-14(16)19;/h2-5,10,13,17H,6-9H2,1H3,(H2,16,19)(H,18,20);1H. The van der Waals surface area contributed by atoms with Gasteiger partial charge in [0, 0.05) is 18.2 Å². The lowest BCUT2D eigenvalue weighted by Crippen LogP contribution is -2.50. The van der Waals surface area contributed by atoms with Crippen molar-refractivity contribution in [3.63, 3.8) is 0 Å². The van der Waals surface area contributed by atoms with Crippen molar-refractivity contribution in [1.82, 2.24) is 10.6 Å². The Bertz CT molecular complexity index is 691. The number of amides is 2. The van der Waals surface area contributed by atoms with E-state index in [1.54, 1.807) is 0 Å². The van der Waals surface area contributed by atoms with Gasteiger partial charge in [0.05, 0.1) is 4.90 Å². The molecule has 1 aromatic rings. The number of nitrogens with one attached hydrogen (secondary N) is 2. The molecule has 1 saturated heterocycles. The summed E-state index contributed by atoms with van der Waals surface area (Å²) < 4.78 is 23.7. The molecule has 0 bridgehead atoms. The summed E-state index contributed by atoms with van der Waals surface area (Å²) in [7, 11) is -3.75. The van der Waals surface area contributed by atoms with Crippen molar-refractivity contribution >= 4 is 34.1 Å². The summed E-state index contributed by atoms with van der Waals surface area (Å²) in [6, 6.07) is 5.55. The Morgan fingerprint density at radius 2 is 1.92 bits per heavy atom. The van der Waals surface area contributed by atoms with E-state index >= 15 is 0 Å². The highest BCUT2D eigenvalue weighted by Crippen LogP contribution is 2.15. The zero-order chi connectivity index (χ0) is 17.0. The fourth-order valence-electron chi connectivity index (χ4n) is 2.52. The number of carbonyl (C=O) groups is 2. The van der Waals surface area contributed by atoms with Crippen molar-refractivity contribution < 1.29 is 18.0 Å². The third-order valence-electron chi connectivity index (χ3n) is 3.95. The van der Waals surface area contributed by atoms with E-state index in [9.17, 15) is 18.0 Å². The van der Waals surface area contributed by atoms with E-state index < -0.39 is 21.5 Å². The van der Waals surface area contributed by atoms with Crippen LogP contribution < -0.4 is 16.4 Å². The first kappa shape index (κ1) is 20.4. The quantitative estimate of drug-likeness (QED) is 0.674. The molecule has 0 radical (unpaired) electrons. The molecule has 2 unspecified atom stereocenters. The van der Waals surface area contributed by atoms with Crippen molar-refractivity contribution in [3.05, 3.63) is 29.8 Å². The molecule has 1 aliphatic heterocycles. The van der Waals surface area contributed by atoms with Gasteiger partial charge in [-0.15, -0.1) is 12.4 Å². The molecule has 0 spiro atoms. The molecule has 1 aliphatic rings. The summed E-state index contributed by atoms with van der Waals surface area (Å²) >= 11 is 0. The van der Waals surface area contributed by atoms with Crippen LogP contribution in [0.4, 0.5) is 0 Å². The minimum atomic E-state index is -3.75. The van der Waals surface area contributed by atoms with Gasteiger partial charge in [0.25, 0.3) is 5.91 Å². The first-order valence-electron chi connectivity index (χ1n) is 7.42. The fourth-order valence-corrected chi connectivity index (χ4v) is 3.61. The molecule has 24 heavy (non-hydrogen) atoms. The number of primary amides is 1. The maximum atomic E-state index is 12.2. The van der Waals surface area contributed by atoms with Gasteiger partial charge in [-0.1, -0.05) is 6.92 Å². The van der Waals surface area contributed by atoms with Crippen molar-refractivity contribution in [2.45, 2.75) is 24.3 Å². The Kier molecular flexibility index (Phi) is 7.19. The molecule has 0 saturated carbocycles. The monoisotopic (exact) mass is 375 g/mol. The zero-order valence-corrected chi connectivity index (χ0v) is 15.0. The number of hydrogen-bond acceptors (Lipinski definition) is 5. The third-order valence-corrected chi connectivity index (χ3v) is 5.61. The van der Waals surface area contributed by atoms with Crippen molar-refractivity contribution in [1.29, 1.82) is 0 Å². The molecule has 1 fully saturated rings. The van der Waals surface area contributed by atoms with Crippen LogP contribution in [0.3, 0.4) is 0 Å². The summed E-state index contributed by atoms with van der Waals surface area (Å²) in [5.41, 5.74) is 5.30. The lowest BCUT2D eigenvalue weighted by Gasteiger charge is -2.30. The van der Waals surface area contributed by atoms with Crippen LogP contribution in [0.2, 0.25) is 0 Å². The van der Waals surface area contributed by atoms with Crippen molar-refractivity contribution in [3.8, 4) is 0 Å². The van der Waals surface area contributed by atoms with Crippen LogP contribution >= 0.6 is 12.4 Å². The Hall–Kier alpha value is -1.64. The lowest BCUT2D eigenvalue weighted by atomic mass is 9.94. The minimum absolute atomic E-state index is 0. The number of halogens is 1. The Balaban J connectivity index is 0.00000288. The normalized spacial score (nSPS) is 20.7. The van der Waals surface area contributed by atoms with E-state index in [2.05, 4.69) is 17.6 Å². The molecule has 1 aromatic carbocycles. The molecule has 7 nitrogen and oxygen atoms in total. The molecular weight excluding hydrogens is 354 g/mol. The van der Waals surface area contributed by atoms with E-state index in [4.69, 9.17) is 5.73 Å². The van der Waals surface area contributed by atoms with Crippen LogP contribution in [-0.4, -0.2) is 45.1 Å². The molecule has 0 aliphatic carbocycles. The zero-order valence-electron chi connectivity index (χ0n) is 13.3. The Labute approximate surface area is 147 Å². The minimum Gasteiger partial charge on any atom is -0.369 e. The van der Waals surface area contributed by atoms with Gasteiger partial charge in [-0.05, 0) is 43.1 Å². The van der Waals surface area contributed by atoms with Crippen LogP contribution in [0.15, 0.2) is 29.2 Å². The summed E-state index contributed by atoms with van der Waals surface area (Å²) in [6.45, 7) is 3.75. The number of nitrogens with two attached hydrogens (primary N) is 1. The van der Waals surface area contributed by atoms with Gasteiger partial charge in [0.2, 0.25) is 5.91 Å². The van der Waals surface area contributed by atoms with Gasteiger partial charge in [-0.25, -0.2) is 8.42 Å². The molecule has 1 heterocycles. The number of rotatable bonds is 5. The van der Waals surface area contributed by atoms with Crippen LogP contribution in [0.5, 0.6) is 0 Å². The maximum Gasteiger partial charge on any atom is 0.251 e. The SMILES string of the molecule is CC1CCNCC1NC(=O)c1ccc(S(=O)(=O)CC(N)=O)cc1.Cl. The molecule has 2 amide bonds. The van der Waals surface area contributed by atoms with Gasteiger partial charge in [0.1, 0.15) is 5.75 Å². The molecule has 2 rings (SSSR count). The predicted molar refractivity (Wildman–Crippen MR) is 92.8 cm³/mol. The van der Waals surface area contributed by atoms with Crippen LogP contribution in [0.1, 0.15) is 23.7 Å². The van der Waals surface area contributed by atoms with Gasteiger partial charge in [-0.2, -0.15) is 0 Å². The largest absolute Gasteiger partial charge is 0.369 e. The first-order valence-corrected chi connectivity index (χ1v) is 9.07. The Morgan fingerprint density at radius 1 is 1.29 bits per heavy atom. The van der Waals surface area contributed by atoms with Gasteiger partial charge in [-0.3, -0.25) is 9.59 Å². The molecule has 2 atom stereocenters. The smallest absolute Gasteiger partial charge is 0.251 e. The second-order valence-corrected chi connectivity index (χ2v) is 7.79. The maximum absolute atomic E-state index is 12.2. The summed E-state index contributed by atoms with van der Waals surface area (Å²) in [5, 5.41) is 6.18. The second-order valence-electron chi connectivity index (χ2n) is 5.80. The molecule has 4 N–H and O–H groups in total. The van der Waals surface area contributed by atoms with E-state index in [1.807, 2.05) is 0 Å². The Morgan fingerprint density at radius 3 is 2.46 bits per heavy atom. The van der Waals surface area contributed by atoms with E-state index in [1.165, 1.54) is 24.3 Å². The van der Waals surface area contributed by atoms with Gasteiger partial charge >= 0.3 is 0 Å². The second kappa shape index (κ2) is 8.46. The van der Waals surface area contributed by atoms with E-state index in [0.29, 0.717) is 11.5 Å².